The van der Waals surface area contributed by atoms with Gasteiger partial charge in [0.15, 0.2) is 0 Å². The molecule has 4 heteroatoms. The molecule has 2 saturated carbocycles. The Morgan fingerprint density at radius 1 is 1.38 bits per heavy atom. The summed E-state index contributed by atoms with van der Waals surface area (Å²) in [5.74, 6) is 0.748. The normalized spacial score (nSPS) is 31.0. The Labute approximate surface area is 144 Å². The molecule has 1 spiro atoms. The van der Waals surface area contributed by atoms with Crippen molar-refractivity contribution >= 4 is 11.6 Å². The summed E-state index contributed by atoms with van der Waals surface area (Å²) in [6.45, 7) is 5.07. The van der Waals surface area contributed by atoms with Gasteiger partial charge >= 0.3 is 0 Å². The third kappa shape index (κ3) is 2.56. The van der Waals surface area contributed by atoms with Crippen LogP contribution in [0.2, 0.25) is 0 Å². The number of benzene rings is 1. The van der Waals surface area contributed by atoms with Gasteiger partial charge in [0.05, 0.1) is 6.10 Å². The fraction of sp³-hybridized carbons (Fsp3) is 0.650. The van der Waals surface area contributed by atoms with Gasteiger partial charge in [0.1, 0.15) is 0 Å². The number of nitrogens with one attached hydrogen (secondary N) is 2. The summed E-state index contributed by atoms with van der Waals surface area (Å²) in [6, 6.07) is 8.66. The largest absolute Gasteiger partial charge is 0.377 e. The van der Waals surface area contributed by atoms with E-state index in [1.165, 1.54) is 25.7 Å². The van der Waals surface area contributed by atoms with Crippen LogP contribution >= 0.6 is 0 Å². The van der Waals surface area contributed by atoms with Gasteiger partial charge in [0.2, 0.25) is 5.91 Å². The maximum absolute atomic E-state index is 12.4. The molecule has 1 saturated heterocycles. The molecule has 4 rings (SSSR count). The second-order valence-corrected chi connectivity index (χ2v) is 7.94. The number of carbonyl (C=O) groups excluding carboxylic acids is 1. The fourth-order valence-corrected chi connectivity index (χ4v) is 5.05. The highest BCUT2D eigenvalue weighted by Crippen LogP contribution is 2.62. The Kier molecular flexibility index (Phi) is 4.13. The van der Waals surface area contributed by atoms with E-state index in [0.29, 0.717) is 29.9 Å². The maximum atomic E-state index is 12.4. The molecule has 2 N–H and O–H groups in total. The van der Waals surface area contributed by atoms with Crippen molar-refractivity contribution < 1.29 is 9.53 Å². The molecule has 1 amide bonds. The summed E-state index contributed by atoms with van der Waals surface area (Å²) in [4.78, 5) is 12.4. The molecule has 0 unspecified atom stereocenters. The van der Waals surface area contributed by atoms with E-state index in [9.17, 15) is 4.79 Å². The summed E-state index contributed by atoms with van der Waals surface area (Å²) in [5.41, 5.74) is 2.39. The first-order chi connectivity index (χ1) is 11.6. The van der Waals surface area contributed by atoms with Gasteiger partial charge in [-0.3, -0.25) is 4.79 Å². The van der Waals surface area contributed by atoms with Crippen molar-refractivity contribution in [2.45, 2.75) is 64.1 Å². The summed E-state index contributed by atoms with van der Waals surface area (Å²) >= 11 is 0. The molecular weight excluding hydrogens is 300 g/mol. The molecule has 4 atom stereocenters. The van der Waals surface area contributed by atoms with Gasteiger partial charge < -0.3 is 15.4 Å². The first-order valence-corrected chi connectivity index (χ1v) is 9.33. The highest BCUT2D eigenvalue weighted by molar-refractivity contribution is 5.91. The molecule has 4 nitrogen and oxygen atoms in total. The van der Waals surface area contributed by atoms with E-state index in [2.05, 4.69) is 17.6 Å². The lowest BCUT2D eigenvalue weighted by molar-refractivity contribution is -0.178. The third-order valence-electron chi connectivity index (χ3n) is 6.41. The standard InChI is InChI=1S/C20H28N2O2/c1-13-6-3-4-7-16(13)22-17(23)12-14(2)21-18-15-8-11-24-19(15)20(18)9-5-10-20/h3-4,6-7,14-15,18-19,21H,5,8-12H2,1-2H3,(H,22,23)/t14-,15+,18+,19-/m0/s1. The highest BCUT2D eigenvalue weighted by Gasteiger charge is 2.66. The molecule has 1 aliphatic heterocycles. The first-order valence-electron chi connectivity index (χ1n) is 9.33. The average molecular weight is 328 g/mol. The monoisotopic (exact) mass is 328 g/mol. The number of carbonyl (C=O) groups is 1. The number of rotatable bonds is 5. The van der Waals surface area contributed by atoms with E-state index in [4.69, 9.17) is 4.74 Å². The van der Waals surface area contributed by atoms with Crippen LogP contribution in [-0.4, -0.2) is 30.7 Å². The number of amides is 1. The molecule has 3 fully saturated rings. The molecule has 130 valence electrons. The van der Waals surface area contributed by atoms with Gasteiger partial charge in [-0.2, -0.15) is 0 Å². The molecular formula is C20H28N2O2. The Hall–Kier alpha value is -1.39. The van der Waals surface area contributed by atoms with Crippen LogP contribution in [0.1, 0.15) is 44.6 Å². The average Bonchev–Trinajstić information content (AvgIpc) is 2.91. The molecule has 24 heavy (non-hydrogen) atoms. The minimum Gasteiger partial charge on any atom is -0.377 e. The number of anilines is 1. The SMILES string of the molecule is Cc1ccccc1NC(=O)C[C@H](C)N[C@@H]1[C@H]2CCO[C@@H]2C12CCC2. The smallest absolute Gasteiger partial charge is 0.225 e. The topological polar surface area (TPSA) is 50.4 Å². The van der Waals surface area contributed by atoms with Gasteiger partial charge in [-0.1, -0.05) is 24.6 Å². The van der Waals surface area contributed by atoms with E-state index in [0.717, 1.165) is 17.9 Å². The lowest BCUT2D eigenvalue weighted by Gasteiger charge is -2.64. The van der Waals surface area contributed by atoms with Crippen LogP contribution in [0.25, 0.3) is 0 Å². The van der Waals surface area contributed by atoms with Crippen LogP contribution in [-0.2, 0) is 9.53 Å². The summed E-state index contributed by atoms with van der Waals surface area (Å²) in [6.07, 6.45) is 6.07. The van der Waals surface area contributed by atoms with Crippen molar-refractivity contribution in [3.63, 3.8) is 0 Å². The molecule has 0 aromatic heterocycles. The van der Waals surface area contributed by atoms with Crippen LogP contribution in [0, 0.1) is 18.3 Å². The molecule has 1 heterocycles. The number of ether oxygens (including phenoxy) is 1. The van der Waals surface area contributed by atoms with E-state index in [1.807, 2.05) is 31.2 Å². The van der Waals surface area contributed by atoms with Gasteiger partial charge in [-0.25, -0.2) is 0 Å². The zero-order valence-corrected chi connectivity index (χ0v) is 14.7. The zero-order valence-electron chi connectivity index (χ0n) is 14.7. The number of hydrogen-bond donors (Lipinski definition) is 2. The van der Waals surface area contributed by atoms with Crippen LogP contribution in [0.5, 0.6) is 0 Å². The molecule has 1 aromatic carbocycles. The Bertz CT molecular complexity index is 626. The summed E-state index contributed by atoms with van der Waals surface area (Å²) < 4.78 is 5.98. The van der Waals surface area contributed by atoms with E-state index >= 15 is 0 Å². The quantitative estimate of drug-likeness (QED) is 0.872. The molecule has 2 aliphatic carbocycles. The fourth-order valence-electron chi connectivity index (χ4n) is 5.05. The number of para-hydroxylation sites is 1. The lowest BCUT2D eigenvalue weighted by atomic mass is 9.46. The van der Waals surface area contributed by atoms with Crippen molar-refractivity contribution in [1.82, 2.24) is 5.32 Å². The second-order valence-electron chi connectivity index (χ2n) is 7.94. The lowest BCUT2D eigenvalue weighted by Crippen LogP contribution is -2.72. The maximum Gasteiger partial charge on any atom is 0.225 e. The van der Waals surface area contributed by atoms with Gasteiger partial charge in [-0.15, -0.1) is 0 Å². The van der Waals surface area contributed by atoms with Gasteiger partial charge in [-0.05, 0) is 44.7 Å². The Morgan fingerprint density at radius 3 is 2.88 bits per heavy atom. The van der Waals surface area contributed by atoms with E-state index in [1.54, 1.807) is 0 Å². The predicted octanol–water partition coefficient (Wildman–Crippen LogP) is 3.26. The van der Waals surface area contributed by atoms with E-state index in [-0.39, 0.29) is 11.9 Å². The van der Waals surface area contributed by atoms with Crippen LogP contribution in [0.15, 0.2) is 24.3 Å². The highest BCUT2D eigenvalue weighted by atomic mass is 16.5. The van der Waals surface area contributed by atoms with Gasteiger partial charge in [0, 0.05) is 42.1 Å². The van der Waals surface area contributed by atoms with Crippen molar-refractivity contribution in [2.75, 3.05) is 11.9 Å². The minimum absolute atomic E-state index is 0.0884. The summed E-state index contributed by atoms with van der Waals surface area (Å²) in [7, 11) is 0. The van der Waals surface area contributed by atoms with E-state index < -0.39 is 0 Å². The number of hydrogen-bond acceptors (Lipinski definition) is 3. The molecule has 0 radical (unpaired) electrons. The van der Waals surface area contributed by atoms with Crippen LogP contribution in [0.3, 0.4) is 0 Å². The molecule has 3 aliphatic rings. The van der Waals surface area contributed by atoms with Crippen LogP contribution < -0.4 is 10.6 Å². The van der Waals surface area contributed by atoms with Crippen LogP contribution in [0.4, 0.5) is 5.69 Å². The number of aryl methyl sites for hydroxylation is 1. The second kappa shape index (κ2) is 6.16. The van der Waals surface area contributed by atoms with Crippen molar-refractivity contribution in [2.24, 2.45) is 11.3 Å². The minimum atomic E-state index is 0.0884. The predicted molar refractivity (Wildman–Crippen MR) is 94.9 cm³/mol. The Balaban J connectivity index is 1.33. The van der Waals surface area contributed by atoms with Crippen molar-refractivity contribution in [3.05, 3.63) is 29.8 Å². The van der Waals surface area contributed by atoms with Gasteiger partial charge in [0.25, 0.3) is 0 Å². The molecule has 0 bridgehead atoms. The van der Waals surface area contributed by atoms with Crippen molar-refractivity contribution in [1.29, 1.82) is 0 Å². The third-order valence-corrected chi connectivity index (χ3v) is 6.41. The number of fused-ring (bicyclic) bond motifs is 2. The zero-order chi connectivity index (χ0) is 16.7. The summed E-state index contributed by atoms with van der Waals surface area (Å²) in [5, 5.41) is 6.81. The van der Waals surface area contributed by atoms with Crippen molar-refractivity contribution in [3.8, 4) is 0 Å². The Morgan fingerprint density at radius 2 is 2.17 bits per heavy atom. The molecule has 1 aromatic rings. The first kappa shape index (κ1) is 16.1.